The largest absolute Gasteiger partial charge is 0.344 e. The van der Waals surface area contributed by atoms with Crippen LogP contribution in [0.3, 0.4) is 0 Å². The number of amides is 1. The summed E-state index contributed by atoms with van der Waals surface area (Å²) in [5.74, 6) is -0.617. The maximum Gasteiger partial charge on any atom is 0.254 e. The Balaban J connectivity index is 2.19. The van der Waals surface area contributed by atoms with Crippen LogP contribution in [0.25, 0.3) is 0 Å². The van der Waals surface area contributed by atoms with Gasteiger partial charge in [0, 0.05) is 4.88 Å². The van der Waals surface area contributed by atoms with E-state index in [1.165, 1.54) is 12.1 Å². The van der Waals surface area contributed by atoms with E-state index in [4.69, 9.17) is 0 Å². The smallest absolute Gasteiger partial charge is 0.254 e. The molecule has 4 heteroatoms. The predicted molar refractivity (Wildman–Crippen MR) is 75.8 cm³/mol. The molecule has 1 unspecified atom stereocenters. The van der Waals surface area contributed by atoms with Crippen molar-refractivity contribution in [1.29, 1.82) is 0 Å². The van der Waals surface area contributed by atoms with Crippen LogP contribution >= 0.6 is 11.3 Å². The van der Waals surface area contributed by atoms with Gasteiger partial charge in [-0.1, -0.05) is 32.0 Å². The van der Waals surface area contributed by atoms with Crippen molar-refractivity contribution in [1.82, 2.24) is 5.32 Å². The van der Waals surface area contributed by atoms with Crippen LogP contribution in [0.1, 0.15) is 35.1 Å². The van der Waals surface area contributed by atoms with Crippen LogP contribution in [0.2, 0.25) is 0 Å². The fourth-order valence-electron chi connectivity index (χ4n) is 1.90. The van der Waals surface area contributed by atoms with Gasteiger partial charge in [-0.05, 0) is 29.5 Å². The fourth-order valence-corrected chi connectivity index (χ4v) is 2.85. The van der Waals surface area contributed by atoms with Gasteiger partial charge in [0.25, 0.3) is 5.91 Å². The minimum absolute atomic E-state index is 0.0877. The molecular formula is C15H16FNOS. The summed E-state index contributed by atoms with van der Waals surface area (Å²) in [5, 5.41) is 4.88. The predicted octanol–water partition coefficient (Wildman–Crippen LogP) is 4.01. The van der Waals surface area contributed by atoms with Crippen molar-refractivity contribution in [3.63, 3.8) is 0 Å². The highest BCUT2D eigenvalue weighted by Gasteiger charge is 2.21. The third-order valence-electron chi connectivity index (χ3n) is 2.92. The van der Waals surface area contributed by atoms with Crippen molar-refractivity contribution in [3.8, 4) is 0 Å². The Hall–Kier alpha value is -1.68. The molecule has 0 aliphatic heterocycles. The van der Waals surface area contributed by atoms with Crippen LogP contribution in [0.15, 0.2) is 41.8 Å². The van der Waals surface area contributed by atoms with E-state index in [1.54, 1.807) is 23.5 Å². The lowest BCUT2D eigenvalue weighted by Gasteiger charge is -2.21. The van der Waals surface area contributed by atoms with Crippen LogP contribution < -0.4 is 5.32 Å². The Bertz CT molecular complexity index is 551. The molecule has 1 aromatic carbocycles. The molecule has 2 nitrogen and oxygen atoms in total. The standard InChI is InChI=1S/C15H16FNOS/c1-10(2)14(13-8-5-9-19-13)17-15(18)11-6-3-4-7-12(11)16/h3-10,14H,1-2H3,(H,17,18). The molecule has 0 radical (unpaired) electrons. The van der Waals surface area contributed by atoms with Crippen molar-refractivity contribution >= 4 is 17.2 Å². The highest BCUT2D eigenvalue weighted by molar-refractivity contribution is 7.10. The van der Waals surface area contributed by atoms with Gasteiger partial charge in [0.05, 0.1) is 11.6 Å². The number of nitrogens with one attached hydrogen (secondary N) is 1. The number of hydrogen-bond acceptors (Lipinski definition) is 2. The molecule has 0 bridgehead atoms. The Morgan fingerprint density at radius 3 is 2.53 bits per heavy atom. The highest BCUT2D eigenvalue weighted by atomic mass is 32.1. The molecule has 100 valence electrons. The minimum atomic E-state index is -0.492. The van der Waals surface area contributed by atoms with Gasteiger partial charge in [0.15, 0.2) is 0 Å². The summed E-state index contributed by atoms with van der Waals surface area (Å²) in [6, 6.07) is 9.87. The number of carbonyl (C=O) groups is 1. The van der Waals surface area contributed by atoms with Crippen LogP contribution in [-0.2, 0) is 0 Å². The van der Waals surface area contributed by atoms with Crippen molar-refractivity contribution in [3.05, 3.63) is 58.0 Å². The first-order chi connectivity index (χ1) is 9.09. The quantitative estimate of drug-likeness (QED) is 0.898. The van der Waals surface area contributed by atoms with E-state index in [2.05, 4.69) is 5.32 Å². The summed E-state index contributed by atoms with van der Waals surface area (Å²) < 4.78 is 13.6. The molecule has 19 heavy (non-hydrogen) atoms. The van der Waals surface area contributed by atoms with Crippen molar-refractivity contribution in [2.75, 3.05) is 0 Å². The summed E-state index contributed by atoms with van der Waals surface area (Å²) in [7, 11) is 0. The third kappa shape index (κ3) is 3.20. The molecule has 1 N–H and O–H groups in total. The molecule has 1 aromatic heterocycles. The molecule has 2 rings (SSSR count). The fraction of sp³-hybridized carbons (Fsp3) is 0.267. The Morgan fingerprint density at radius 2 is 1.95 bits per heavy atom. The van der Waals surface area contributed by atoms with E-state index >= 15 is 0 Å². The second kappa shape index (κ2) is 5.97. The zero-order chi connectivity index (χ0) is 13.8. The summed E-state index contributed by atoms with van der Waals surface area (Å²) >= 11 is 1.59. The molecule has 0 fully saturated rings. The van der Waals surface area contributed by atoms with Crippen molar-refractivity contribution < 1.29 is 9.18 Å². The summed E-state index contributed by atoms with van der Waals surface area (Å²) in [5.41, 5.74) is 0.0877. The third-order valence-corrected chi connectivity index (χ3v) is 3.88. The first-order valence-corrected chi connectivity index (χ1v) is 7.06. The summed E-state index contributed by atoms with van der Waals surface area (Å²) in [4.78, 5) is 13.2. The topological polar surface area (TPSA) is 29.1 Å². The first-order valence-electron chi connectivity index (χ1n) is 6.18. The lowest BCUT2D eigenvalue weighted by Crippen LogP contribution is -2.31. The molecule has 0 aliphatic rings. The van der Waals surface area contributed by atoms with E-state index in [1.807, 2.05) is 31.4 Å². The maximum absolute atomic E-state index is 13.6. The van der Waals surface area contributed by atoms with Crippen LogP contribution in [0.4, 0.5) is 4.39 Å². The van der Waals surface area contributed by atoms with Crippen LogP contribution in [0.5, 0.6) is 0 Å². The van der Waals surface area contributed by atoms with E-state index < -0.39 is 5.82 Å². The number of carbonyl (C=O) groups excluding carboxylic acids is 1. The van der Waals surface area contributed by atoms with Crippen molar-refractivity contribution in [2.24, 2.45) is 5.92 Å². The lowest BCUT2D eigenvalue weighted by atomic mass is 10.0. The van der Waals surface area contributed by atoms with E-state index in [0.29, 0.717) is 0 Å². The number of thiophene rings is 1. The molecule has 0 saturated heterocycles. The van der Waals surface area contributed by atoms with E-state index in [0.717, 1.165) is 4.88 Å². The number of halogens is 1. The Morgan fingerprint density at radius 1 is 1.21 bits per heavy atom. The average molecular weight is 277 g/mol. The molecule has 0 spiro atoms. The Kier molecular flexibility index (Phi) is 4.32. The second-order valence-corrected chi connectivity index (χ2v) is 5.67. The van der Waals surface area contributed by atoms with Gasteiger partial charge in [0.1, 0.15) is 5.82 Å². The van der Waals surface area contributed by atoms with Crippen LogP contribution in [0, 0.1) is 11.7 Å². The molecule has 2 aromatic rings. The van der Waals surface area contributed by atoms with Crippen LogP contribution in [-0.4, -0.2) is 5.91 Å². The van der Waals surface area contributed by atoms with Gasteiger partial charge in [-0.25, -0.2) is 4.39 Å². The van der Waals surface area contributed by atoms with Crippen molar-refractivity contribution in [2.45, 2.75) is 19.9 Å². The zero-order valence-corrected chi connectivity index (χ0v) is 11.7. The molecule has 0 aliphatic carbocycles. The number of rotatable bonds is 4. The Labute approximate surface area is 116 Å². The summed E-state index contributed by atoms with van der Waals surface area (Å²) in [6.07, 6.45) is 0. The normalized spacial score (nSPS) is 12.4. The van der Waals surface area contributed by atoms with E-state index in [9.17, 15) is 9.18 Å². The van der Waals surface area contributed by atoms with Gasteiger partial charge < -0.3 is 5.32 Å². The van der Waals surface area contributed by atoms with Gasteiger partial charge >= 0.3 is 0 Å². The minimum Gasteiger partial charge on any atom is -0.344 e. The number of benzene rings is 1. The van der Waals surface area contributed by atoms with Gasteiger partial charge in [-0.15, -0.1) is 11.3 Å². The zero-order valence-electron chi connectivity index (χ0n) is 10.9. The number of hydrogen-bond donors (Lipinski definition) is 1. The van der Waals surface area contributed by atoms with Gasteiger partial charge in [0.2, 0.25) is 0 Å². The van der Waals surface area contributed by atoms with E-state index in [-0.39, 0.29) is 23.4 Å². The molecule has 1 atom stereocenters. The molecule has 1 heterocycles. The summed E-state index contributed by atoms with van der Waals surface area (Å²) in [6.45, 7) is 4.07. The molecule has 0 saturated carbocycles. The molecule has 1 amide bonds. The average Bonchev–Trinajstić information content (AvgIpc) is 2.89. The van der Waals surface area contributed by atoms with Gasteiger partial charge in [-0.2, -0.15) is 0 Å². The monoisotopic (exact) mass is 277 g/mol. The second-order valence-electron chi connectivity index (χ2n) is 4.69. The lowest BCUT2D eigenvalue weighted by molar-refractivity contribution is 0.0922. The first kappa shape index (κ1) is 13.7. The van der Waals surface area contributed by atoms with Gasteiger partial charge in [-0.3, -0.25) is 4.79 Å². The highest BCUT2D eigenvalue weighted by Crippen LogP contribution is 2.26. The molecular weight excluding hydrogens is 261 g/mol. The SMILES string of the molecule is CC(C)C(NC(=O)c1ccccc1F)c1cccs1. The maximum atomic E-state index is 13.6.